The van der Waals surface area contributed by atoms with Gasteiger partial charge in [0.15, 0.2) is 0 Å². The zero-order valence-electron chi connectivity index (χ0n) is 14.3. The van der Waals surface area contributed by atoms with Crippen molar-refractivity contribution in [3.8, 4) is 0 Å². The number of anilines is 1. The van der Waals surface area contributed by atoms with Crippen LogP contribution in [0.15, 0.2) is 42.5 Å². The molecule has 26 heavy (non-hydrogen) atoms. The van der Waals surface area contributed by atoms with E-state index in [1.54, 1.807) is 12.1 Å². The van der Waals surface area contributed by atoms with Gasteiger partial charge in [0.05, 0.1) is 11.5 Å². The molecule has 0 aromatic heterocycles. The number of nitrogens with one attached hydrogen (secondary N) is 2. The van der Waals surface area contributed by atoms with Gasteiger partial charge in [-0.2, -0.15) is 0 Å². The molecule has 2 rings (SSSR count). The summed E-state index contributed by atoms with van der Waals surface area (Å²) in [6, 6.07) is 9.83. The lowest BCUT2D eigenvalue weighted by Gasteiger charge is -2.22. The molecule has 0 unspecified atom stereocenters. The number of nitro benzene ring substituents is 1. The van der Waals surface area contributed by atoms with Crippen LogP contribution in [0.3, 0.4) is 0 Å². The van der Waals surface area contributed by atoms with Gasteiger partial charge in [-0.3, -0.25) is 14.9 Å². The number of hydrogen-bond donors (Lipinski definition) is 2. The predicted octanol–water partition coefficient (Wildman–Crippen LogP) is 4.31. The summed E-state index contributed by atoms with van der Waals surface area (Å²) >= 11 is 5.85. The van der Waals surface area contributed by atoms with E-state index in [0.717, 1.165) is 5.56 Å². The number of rotatable bonds is 7. The van der Waals surface area contributed by atoms with E-state index in [-0.39, 0.29) is 40.7 Å². The largest absolute Gasteiger partial charge is 0.319 e. The van der Waals surface area contributed by atoms with Gasteiger partial charge in [0, 0.05) is 17.1 Å². The number of nitrogens with zero attached hydrogens (tertiary/aromatic N) is 1. The third kappa shape index (κ3) is 5.24. The first-order chi connectivity index (χ1) is 12.3. The summed E-state index contributed by atoms with van der Waals surface area (Å²) < 4.78 is 13.1. The van der Waals surface area contributed by atoms with E-state index >= 15 is 0 Å². The maximum Gasteiger partial charge on any atom is 0.292 e. The van der Waals surface area contributed by atoms with Gasteiger partial charge in [-0.05, 0) is 35.7 Å². The molecular weight excluding hydrogens is 361 g/mol. The standard InChI is InChI=1S/C18H19ClFN3O3/c1-11(2)18(12-3-6-14(20)7-4-12)21-10-17(24)22-15-9-13(19)5-8-16(15)23(25)26/h3-9,11,18,21H,10H2,1-2H3,(H,22,24)/t18-/m0/s1. The average Bonchev–Trinajstić information content (AvgIpc) is 2.56. The van der Waals surface area contributed by atoms with Crippen molar-refractivity contribution in [1.82, 2.24) is 5.32 Å². The minimum Gasteiger partial charge on any atom is -0.319 e. The second-order valence-corrected chi connectivity index (χ2v) is 6.56. The Balaban J connectivity index is 2.06. The molecule has 6 nitrogen and oxygen atoms in total. The number of hydrogen-bond acceptors (Lipinski definition) is 4. The number of carbonyl (C=O) groups is 1. The third-order valence-corrected chi connectivity index (χ3v) is 4.04. The molecule has 2 aromatic rings. The van der Waals surface area contributed by atoms with Crippen molar-refractivity contribution in [3.05, 3.63) is 69.0 Å². The summed E-state index contributed by atoms with van der Waals surface area (Å²) in [5, 5.41) is 16.9. The van der Waals surface area contributed by atoms with Crippen LogP contribution in [0.1, 0.15) is 25.5 Å². The van der Waals surface area contributed by atoms with Crippen molar-refractivity contribution < 1.29 is 14.1 Å². The minimum absolute atomic E-state index is 0.0391. The fourth-order valence-electron chi connectivity index (χ4n) is 2.57. The normalized spacial score (nSPS) is 12.0. The first-order valence-electron chi connectivity index (χ1n) is 8.00. The summed E-state index contributed by atoms with van der Waals surface area (Å²) in [5.74, 6) is -0.626. The highest BCUT2D eigenvalue weighted by molar-refractivity contribution is 6.31. The number of amides is 1. The van der Waals surface area contributed by atoms with Gasteiger partial charge in [-0.1, -0.05) is 37.6 Å². The summed E-state index contributed by atoms with van der Waals surface area (Å²) in [6.45, 7) is 3.88. The summed E-state index contributed by atoms with van der Waals surface area (Å²) in [4.78, 5) is 22.7. The lowest BCUT2D eigenvalue weighted by molar-refractivity contribution is -0.383. The van der Waals surface area contributed by atoms with Crippen molar-refractivity contribution in [1.29, 1.82) is 0 Å². The van der Waals surface area contributed by atoms with E-state index in [1.807, 2.05) is 13.8 Å². The van der Waals surface area contributed by atoms with Crippen LogP contribution in [0.5, 0.6) is 0 Å². The smallest absolute Gasteiger partial charge is 0.292 e. The Bertz CT molecular complexity index is 797. The Morgan fingerprint density at radius 1 is 1.23 bits per heavy atom. The van der Waals surface area contributed by atoms with Crippen LogP contribution in [-0.2, 0) is 4.79 Å². The van der Waals surface area contributed by atoms with E-state index in [0.29, 0.717) is 0 Å². The molecule has 0 saturated heterocycles. The average molecular weight is 380 g/mol. The lowest BCUT2D eigenvalue weighted by atomic mass is 9.96. The van der Waals surface area contributed by atoms with Crippen molar-refractivity contribution in [2.24, 2.45) is 5.92 Å². The molecule has 0 bridgehead atoms. The van der Waals surface area contributed by atoms with E-state index < -0.39 is 10.8 Å². The van der Waals surface area contributed by atoms with Crippen LogP contribution in [0.4, 0.5) is 15.8 Å². The first kappa shape index (κ1) is 19.8. The molecule has 0 aliphatic rings. The van der Waals surface area contributed by atoms with Gasteiger partial charge in [0.25, 0.3) is 5.69 Å². The molecule has 138 valence electrons. The molecule has 1 amide bonds. The molecule has 0 aliphatic carbocycles. The Hall–Kier alpha value is -2.51. The molecule has 8 heteroatoms. The summed E-state index contributed by atoms with van der Waals surface area (Å²) in [7, 11) is 0. The fraction of sp³-hybridized carbons (Fsp3) is 0.278. The number of halogens is 2. The van der Waals surface area contributed by atoms with Gasteiger partial charge in [-0.15, -0.1) is 0 Å². The van der Waals surface area contributed by atoms with Gasteiger partial charge in [-0.25, -0.2) is 4.39 Å². The molecule has 2 aromatic carbocycles. The SMILES string of the molecule is CC(C)[C@H](NCC(=O)Nc1cc(Cl)ccc1[N+](=O)[O-])c1ccc(F)cc1. The Labute approximate surface area is 155 Å². The molecule has 0 saturated carbocycles. The van der Waals surface area contributed by atoms with Crippen LogP contribution in [0.25, 0.3) is 0 Å². The van der Waals surface area contributed by atoms with Crippen molar-refractivity contribution in [3.63, 3.8) is 0 Å². The second kappa shape index (κ2) is 8.73. The molecule has 0 spiro atoms. The number of nitro groups is 1. The summed E-state index contributed by atoms with van der Waals surface area (Å²) in [6.07, 6.45) is 0. The lowest BCUT2D eigenvalue weighted by Crippen LogP contribution is -2.33. The zero-order valence-corrected chi connectivity index (χ0v) is 15.1. The zero-order chi connectivity index (χ0) is 19.3. The van der Waals surface area contributed by atoms with Crippen molar-refractivity contribution in [2.45, 2.75) is 19.9 Å². The molecule has 1 atom stereocenters. The van der Waals surface area contributed by atoms with Crippen LogP contribution in [0.2, 0.25) is 5.02 Å². The molecule has 0 fully saturated rings. The van der Waals surface area contributed by atoms with Crippen molar-refractivity contribution in [2.75, 3.05) is 11.9 Å². The van der Waals surface area contributed by atoms with Gasteiger partial charge in [0.1, 0.15) is 11.5 Å². The van der Waals surface area contributed by atoms with Crippen molar-refractivity contribution >= 4 is 28.9 Å². The van der Waals surface area contributed by atoms with Gasteiger partial charge in [0.2, 0.25) is 5.91 Å². The fourth-order valence-corrected chi connectivity index (χ4v) is 2.75. The highest BCUT2D eigenvalue weighted by atomic mass is 35.5. The molecular formula is C18H19ClFN3O3. The summed E-state index contributed by atoms with van der Waals surface area (Å²) in [5.41, 5.74) is 0.654. The van der Waals surface area contributed by atoms with Crippen LogP contribution < -0.4 is 10.6 Å². The Kier molecular flexibility index (Phi) is 6.65. The second-order valence-electron chi connectivity index (χ2n) is 6.12. The highest BCUT2D eigenvalue weighted by Crippen LogP contribution is 2.27. The highest BCUT2D eigenvalue weighted by Gasteiger charge is 2.19. The topological polar surface area (TPSA) is 84.3 Å². The first-order valence-corrected chi connectivity index (χ1v) is 8.38. The van der Waals surface area contributed by atoms with Crippen LogP contribution in [-0.4, -0.2) is 17.4 Å². The number of carbonyl (C=O) groups excluding carboxylic acids is 1. The third-order valence-electron chi connectivity index (χ3n) is 3.81. The molecule has 0 aliphatic heterocycles. The van der Waals surface area contributed by atoms with E-state index in [2.05, 4.69) is 10.6 Å². The minimum atomic E-state index is -0.588. The van der Waals surface area contributed by atoms with Gasteiger partial charge < -0.3 is 10.6 Å². The molecule has 2 N–H and O–H groups in total. The Morgan fingerprint density at radius 2 is 1.88 bits per heavy atom. The molecule has 0 heterocycles. The van der Waals surface area contributed by atoms with Crippen LogP contribution >= 0.6 is 11.6 Å². The van der Waals surface area contributed by atoms with E-state index in [9.17, 15) is 19.3 Å². The van der Waals surface area contributed by atoms with Crippen LogP contribution in [0, 0.1) is 21.8 Å². The number of benzene rings is 2. The van der Waals surface area contributed by atoms with E-state index in [4.69, 9.17) is 11.6 Å². The maximum absolute atomic E-state index is 13.1. The Morgan fingerprint density at radius 3 is 2.46 bits per heavy atom. The maximum atomic E-state index is 13.1. The molecule has 0 radical (unpaired) electrons. The quantitative estimate of drug-likeness (QED) is 0.554. The monoisotopic (exact) mass is 379 g/mol. The predicted molar refractivity (Wildman–Crippen MR) is 98.7 cm³/mol. The van der Waals surface area contributed by atoms with E-state index in [1.165, 1.54) is 30.3 Å². The van der Waals surface area contributed by atoms with Gasteiger partial charge >= 0.3 is 0 Å².